The number of hydrogen-bond donors (Lipinski definition) is 1. The van der Waals surface area contributed by atoms with Crippen molar-refractivity contribution in [1.29, 1.82) is 0 Å². The third kappa shape index (κ3) is 3.48. The van der Waals surface area contributed by atoms with Crippen LogP contribution in [0.15, 0.2) is 53.6 Å². The molecule has 1 aliphatic rings. The highest BCUT2D eigenvalue weighted by atomic mass is 35.5. The summed E-state index contributed by atoms with van der Waals surface area (Å²) in [5.41, 5.74) is 3.56. The molecule has 2 aromatic heterocycles. The number of aromatic nitrogens is 3. The lowest BCUT2D eigenvalue weighted by Crippen LogP contribution is -2.35. The molecule has 0 saturated heterocycles. The predicted molar refractivity (Wildman–Crippen MR) is 97.4 cm³/mol. The third-order valence-electron chi connectivity index (χ3n) is 4.38. The lowest BCUT2D eigenvalue weighted by atomic mass is 10.1. The van der Waals surface area contributed by atoms with Crippen molar-refractivity contribution in [3.63, 3.8) is 0 Å². The van der Waals surface area contributed by atoms with Crippen LogP contribution in [0.5, 0.6) is 0 Å². The van der Waals surface area contributed by atoms with Gasteiger partial charge in [0.25, 0.3) is 5.56 Å². The molecule has 0 saturated carbocycles. The molecule has 25 heavy (non-hydrogen) atoms. The van der Waals surface area contributed by atoms with Gasteiger partial charge in [-0.3, -0.25) is 14.7 Å². The molecule has 3 aromatic rings. The van der Waals surface area contributed by atoms with Crippen molar-refractivity contribution in [3.05, 3.63) is 81.0 Å². The van der Waals surface area contributed by atoms with E-state index < -0.39 is 0 Å². The molecule has 4 rings (SSSR count). The molecule has 0 fully saturated rings. The van der Waals surface area contributed by atoms with Gasteiger partial charge in [0.2, 0.25) is 0 Å². The molecule has 1 aliphatic heterocycles. The minimum absolute atomic E-state index is 0.0498. The van der Waals surface area contributed by atoms with Gasteiger partial charge in [-0.25, -0.2) is 4.98 Å². The largest absolute Gasteiger partial charge is 0.306 e. The van der Waals surface area contributed by atoms with Crippen molar-refractivity contribution in [3.8, 4) is 11.4 Å². The van der Waals surface area contributed by atoms with Gasteiger partial charge >= 0.3 is 0 Å². The summed E-state index contributed by atoms with van der Waals surface area (Å²) < 4.78 is 0. The van der Waals surface area contributed by atoms with E-state index in [-0.39, 0.29) is 5.56 Å². The topological polar surface area (TPSA) is 61.9 Å². The first-order valence-corrected chi connectivity index (χ1v) is 8.56. The monoisotopic (exact) mass is 352 g/mol. The van der Waals surface area contributed by atoms with Crippen molar-refractivity contribution in [1.82, 2.24) is 19.9 Å². The second kappa shape index (κ2) is 6.78. The molecule has 5 nitrogen and oxygen atoms in total. The van der Waals surface area contributed by atoms with Crippen LogP contribution in [0.4, 0.5) is 0 Å². The second-order valence-corrected chi connectivity index (χ2v) is 6.61. The number of hydrogen-bond acceptors (Lipinski definition) is 4. The lowest BCUT2D eigenvalue weighted by Gasteiger charge is -2.27. The molecule has 6 heteroatoms. The fourth-order valence-electron chi connectivity index (χ4n) is 3.16. The fourth-order valence-corrected chi connectivity index (χ4v) is 3.37. The number of fused-ring (bicyclic) bond motifs is 1. The van der Waals surface area contributed by atoms with Crippen LogP contribution in [0.1, 0.15) is 16.8 Å². The smallest absolute Gasteiger partial charge is 0.254 e. The summed E-state index contributed by atoms with van der Waals surface area (Å²) in [6, 6.07) is 11.6. The maximum absolute atomic E-state index is 12.4. The van der Waals surface area contributed by atoms with Gasteiger partial charge in [-0.2, -0.15) is 0 Å². The Hall–Kier alpha value is -2.50. The summed E-state index contributed by atoms with van der Waals surface area (Å²) in [6.07, 6.45) is 4.11. The highest BCUT2D eigenvalue weighted by Crippen LogP contribution is 2.20. The van der Waals surface area contributed by atoms with Crippen LogP contribution in [0, 0.1) is 0 Å². The van der Waals surface area contributed by atoms with Crippen LogP contribution >= 0.6 is 11.6 Å². The summed E-state index contributed by atoms with van der Waals surface area (Å²) in [6.45, 7) is 2.27. The van der Waals surface area contributed by atoms with Crippen LogP contribution in [0.3, 0.4) is 0 Å². The van der Waals surface area contributed by atoms with Gasteiger partial charge in [-0.05, 0) is 36.2 Å². The van der Waals surface area contributed by atoms with Crippen LogP contribution in [0.2, 0.25) is 5.02 Å². The molecule has 3 heterocycles. The first kappa shape index (κ1) is 16.0. The lowest BCUT2D eigenvalue weighted by molar-refractivity contribution is 0.240. The molecule has 0 aliphatic carbocycles. The zero-order valence-electron chi connectivity index (χ0n) is 13.6. The van der Waals surface area contributed by atoms with Gasteiger partial charge in [0.05, 0.1) is 5.69 Å². The number of H-pyrrole nitrogens is 1. The molecule has 0 atom stereocenters. The Labute approximate surface area is 150 Å². The Bertz CT molecular complexity index is 955. The molecule has 1 aromatic carbocycles. The Kier molecular flexibility index (Phi) is 4.34. The van der Waals surface area contributed by atoms with Crippen molar-refractivity contribution >= 4 is 11.6 Å². The van der Waals surface area contributed by atoms with Crippen molar-refractivity contribution < 1.29 is 0 Å². The van der Waals surface area contributed by atoms with Crippen LogP contribution in [-0.4, -0.2) is 26.4 Å². The van der Waals surface area contributed by atoms with Gasteiger partial charge in [-0.15, -0.1) is 0 Å². The van der Waals surface area contributed by atoms with E-state index in [4.69, 9.17) is 16.6 Å². The average Bonchev–Trinajstić information content (AvgIpc) is 2.62. The number of benzene rings is 1. The minimum atomic E-state index is -0.0498. The highest BCUT2D eigenvalue weighted by Gasteiger charge is 2.21. The van der Waals surface area contributed by atoms with Crippen LogP contribution in [-0.2, 0) is 19.5 Å². The van der Waals surface area contributed by atoms with E-state index in [0.717, 1.165) is 40.5 Å². The normalized spacial score (nSPS) is 14.3. The summed E-state index contributed by atoms with van der Waals surface area (Å²) in [5.74, 6) is 0.571. The number of pyridine rings is 1. The quantitative estimate of drug-likeness (QED) is 0.787. The zero-order chi connectivity index (χ0) is 17.2. The average molecular weight is 353 g/mol. The van der Waals surface area contributed by atoms with E-state index in [1.165, 1.54) is 0 Å². The Morgan fingerprint density at radius 3 is 2.96 bits per heavy atom. The molecule has 126 valence electrons. The summed E-state index contributed by atoms with van der Waals surface area (Å²) in [7, 11) is 0. The van der Waals surface area contributed by atoms with Crippen LogP contribution in [0.25, 0.3) is 11.4 Å². The molecule has 0 bridgehead atoms. The first-order chi connectivity index (χ1) is 12.2. The van der Waals surface area contributed by atoms with Crippen molar-refractivity contribution in [2.24, 2.45) is 0 Å². The Morgan fingerprint density at radius 2 is 2.16 bits per heavy atom. The highest BCUT2D eigenvalue weighted by molar-refractivity contribution is 6.30. The fraction of sp³-hybridized carbons (Fsp3) is 0.211. The first-order valence-electron chi connectivity index (χ1n) is 8.18. The maximum atomic E-state index is 12.4. The Balaban J connectivity index is 1.61. The van der Waals surface area contributed by atoms with Crippen molar-refractivity contribution in [2.45, 2.75) is 19.5 Å². The van der Waals surface area contributed by atoms with Gasteiger partial charge in [0.15, 0.2) is 0 Å². The predicted octanol–water partition coefficient (Wildman–Crippen LogP) is 3.04. The van der Waals surface area contributed by atoms with E-state index in [1.807, 2.05) is 30.3 Å². The molecule has 0 amide bonds. The second-order valence-electron chi connectivity index (χ2n) is 6.17. The molecule has 0 spiro atoms. The van der Waals surface area contributed by atoms with Gasteiger partial charge in [-0.1, -0.05) is 23.7 Å². The summed E-state index contributed by atoms with van der Waals surface area (Å²) in [5, 5.41) is 0.739. The van der Waals surface area contributed by atoms with Gasteiger partial charge in [0.1, 0.15) is 5.82 Å². The molecule has 0 unspecified atom stereocenters. The van der Waals surface area contributed by atoms with Gasteiger partial charge in [0, 0.05) is 48.2 Å². The number of rotatable bonds is 3. The Morgan fingerprint density at radius 1 is 1.24 bits per heavy atom. The van der Waals surface area contributed by atoms with E-state index in [2.05, 4.69) is 20.9 Å². The molecule has 0 radical (unpaired) electrons. The number of nitrogens with one attached hydrogen (secondary N) is 1. The molecular formula is C19H17ClN4O. The zero-order valence-corrected chi connectivity index (χ0v) is 14.3. The van der Waals surface area contributed by atoms with Crippen LogP contribution < -0.4 is 5.56 Å². The molecule has 1 N–H and O–H groups in total. The number of aromatic amines is 1. The maximum Gasteiger partial charge on any atom is 0.254 e. The van der Waals surface area contributed by atoms with E-state index in [9.17, 15) is 4.79 Å². The number of halogens is 1. The SMILES string of the molecule is O=c1[nH]c(-c2cccnc2)nc2c1CCN(Cc1cccc(Cl)c1)C2. The molecular weight excluding hydrogens is 336 g/mol. The third-order valence-corrected chi connectivity index (χ3v) is 4.62. The summed E-state index contributed by atoms with van der Waals surface area (Å²) >= 11 is 6.07. The van der Waals surface area contributed by atoms with Gasteiger partial charge < -0.3 is 4.98 Å². The number of nitrogens with zero attached hydrogens (tertiary/aromatic N) is 3. The standard InChI is InChI=1S/C19H17ClN4O/c20-15-5-1-3-13(9-15)11-24-8-6-16-17(12-24)22-18(23-19(16)25)14-4-2-7-21-10-14/h1-5,7,9-10H,6,8,11-12H2,(H,22,23,25). The van der Waals surface area contributed by atoms with E-state index >= 15 is 0 Å². The summed E-state index contributed by atoms with van der Waals surface area (Å²) in [4.78, 5) is 26.4. The van der Waals surface area contributed by atoms with E-state index in [0.29, 0.717) is 18.8 Å². The van der Waals surface area contributed by atoms with E-state index in [1.54, 1.807) is 12.4 Å². The minimum Gasteiger partial charge on any atom is -0.306 e. The van der Waals surface area contributed by atoms with Crippen molar-refractivity contribution in [2.75, 3.05) is 6.54 Å².